The van der Waals surface area contributed by atoms with Crippen LogP contribution in [0.5, 0.6) is 5.75 Å². The third-order valence-corrected chi connectivity index (χ3v) is 3.55. The lowest BCUT2D eigenvalue weighted by molar-refractivity contribution is 0.415. The molecule has 100 valence electrons. The molecular weight excluding hydrogens is 280 g/mol. The van der Waals surface area contributed by atoms with E-state index >= 15 is 0 Å². The van der Waals surface area contributed by atoms with E-state index in [1.54, 1.807) is 29.7 Å². The van der Waals surface area contributed by atoms with Crippen LogP contribution in [0, 0.1) is 4.77 Å². The van der Waals surface area contributed by atoms with Gasteiger partial charge in [-0.25, -0.2) is 4.68 Å². The summed E-state index contributed by atoms with van der Waals surface area (Å²) in [6, 6.07) is 7.64. The molecule has 7 heteroatoms. The van der Waals surface area contributed by atoms with Crippen LogP contribution in [0.1, 0.15) is 5.56 Å². The van der Waals surface area contributed by atoms with Crippen molar-refractivity contribution in [3.8, 4) is 5.75 Å². The minimum absolute atomic E-state index is 0.564. The zero-order valence-corrected chi connectivity index (χ0v) is 12.5. The predicted octanol–water partition coefficient (Wildman–Crippen LogP) is 2.56. The minimum atomic E-state index is 0.564. The Balaban J connectivity index is 2.29. The van der Waals surface area contributed by atoms with Crippen molar-refractivity contribution in [2.75, 3.05) is 13.4 Å². The van der Waals surface area contributed by atoms with Gasteiger partial charge < -0.3 is 4.74 Å². The molecule has 0 aliphatic carbocycles. The number of aromatic nitrogens is 3. The molecule has 5 nitrogen and oxygen atoms in total. The number of benzene rings is 1. The van der Waals surface area contributed by atoms with Gasteiger partial charge >= 0.3 is 0 Å². The molecule has 19 heavy (non-hydrogen) atoms. The molecule has 0 unspecified atom stereocenters. The Labute approximate surface area is 120 Å². The number of hydrogen-bond acceptors (Lipinski definition) is 5. The van der Waals surface area contributed by atoms with E-state index in [1.165, 1.54) is 11.8 Å². The molecule has 0 N–H and O–H groups in total. The van der Waals surface area contributed by atoms with Crippen LogP contribution in [0.15, 0.2) is 34.5 Å². The van der Waals surface area contributed by atoms with E-state index in [4.69, 9.17) is 17.0 Å². The number of thioether (sulfide) groups is 1. The molecule has 0 bridgehead atoms. The van der Waals surface area contributed by atoms with Crippen molar-refractivity contribution in [3.05, 3.63) is 34.6 Å². The number of nitrogens with zero attached hydrogens (tertiary/aromatic N) is 4. The van der Waals surface area contributed by atoms with Crippen molar-refractivity contribution in [2.45, 2.75) is 5.16 Å². The summed E-state index contributed by atoms with van der Waals surface area (Å²) in [7, 11) is 3.45. The highest BCUT2D eigenvalue weighted by molar-refractivity contribution is 7.98. The zero-order chi connectivity index (χ0) is 13.8. The Morgan fingerprint density at radius 3 is 2.63 bits per heavy atom. The van der Waals surface area contributed by atoms with Crippen molar-refractivity contribution < 1.29 is 4.74 Å². The monoisotopic (exact) mass is 294 g/mol. The van der Waals surface area contributed by atoms with Gasteiger partial charge in [-0.05, 0) is 48.3 Å². The zero-order valence-electron chi connectivity index (χ0n) is 10.9. The highest BCUT2D eigenvalue weighted by Crippen LogP contribution is 2.13. The lowest BCUT2D eigenvalue weighted by atomic mass is 10.2. The van der Waals surface area contributed by atoms with Gasteiger partial charge in [-0.3, -0.25) is 0 Å². The summed E-state index contributed by atoms with van der Waals surface area (Å²) in [4.78, 5) is 0. The first-order chi connectivity index (χ1) is 9.15. The normalized spacial score (nSPS) is 11.1. The first-order valence-corrected chi connectivity index (χ1v) is 7.17. The highest BCUT2D eigenvalue weighted by atomic mass is 32.2. The van der Waals surface area contributed by atoms with Gasteiger partial charge in [0.25, 0.3) is 0 Å². The van der Waals surface area contributed by atoms with Crippen molar-refractivity contribution in [2.24, 2.45) is 12.1 Å². The Hall–Kier alpha value is -1.60. The summed E-state index contributed by atoms with van der Waals surface area (Å²) in [5.41, 5.74) is 0.971. The maximum Gasteiger partial charge on any atom is 0.219 e. The van der Waals surface area contributed by atoms with Gasteiger partial charge in [0.15, 0.2) is 0 Å². The first kappa shape index (κ1) is 13.8. The van der Waals surface area contributed by atoms with Crippen LogP contribution in [0.2, 0.25) is 0 Å². The quantitative estimate of drug-likeness (QED) is 0.494. The SMILES string of the molecule is COc1ccc(/C=N/n2c(SC)nn(C)c2=S)cc1. The second-order valence-corrected chi connectivity index (χ2v) is 4.86. The molecule has 1 heterocycles. The summed E-state index contributed by atoms with van der Waals surface area (Å²) >= 11 is 6.75. The molecule has 2 aromatic rings. The van der Waals surface area contributed by atoms with Gasteiger partial charge in [0.05, 0.1) is 13.3 Å². The van der Waals surface area contributed by atoms with Gasteiger partial charge in [0, 0.05) is 7.05 Å². The minimum Gasteiger partial charge on any atom is -0.497 e. The largest absolute Gasteiger partial charge is 0.497 e. The Kier molecular flexibility index (Phi) is 4.39. The molecule has 0 radical (unpaired) electrons. The van der Waals surface area contributed by atoms with Crippen LogP contribution in [0.3, 0.4) is 0 Å². The lowest BCUT2D eigenvalue weighted by Crippen LogP contribution is -1.94. The Morgan fingerprint density at radius 1 is 1.37 bits per heavy atom. The molecule has 1 aromatic heterocycles. The van der Waals surface area contributed by atoms with Gasteiger partial charge in [0.2, 0.25) is 9.93 Å². The number of methoxy groups -OCH3 is 1. The molecule has 0 aliphatic rings. The second kappa shape index (κ2) is 6.03. The van der Waals surface area contributed by atoms with Crippen LogP contribution < -0.4 is 4.74 Å². The molecular formula is C12H14N4OS2. The second-order valence-electron chi connectivity index (χ2n) is 3.72. The number of aryl methyl sites for hydroxylation is 1. The molecule has 0 saturated heterocycles. The summed E-state index contributed by atoms with van der Waals surface area (Å²) in [6.07, 6.45) is 3.69. The fraction of sp³-hybridized carbons (Fsp3) is 0.250. The third-order valence-electron chi connectivity index (χ3n) is 2.50. The summed E-state index contributed by atoms with van der Waals surface area (Å²) < 4.78 is 8.95. The molecule has 2 rings (SSSR count). The van der Waals surface area contributed by atoms with E-state index in [0.29, 0.717) is 4.77 Å². The molecule has 0 fully saturated rings. The van der Waals surface area contributed by atoms with Crippen molar-refractivity contribution in [1.29, 1.82) is 0 Å². The molecule has 0 aliphatic heterocycles. The van der Waals surface area contributed by atoms with Crippen LogP contribution >= 0.6 is 24.0 Å². The van der Waals surface area contributed by atoms with Gasteiger partial charge in [-0.1, -0.05) is 11.8 Å². The summed E-state index contributed by atoms with van der Waals surface area (Å²) in [5, 5.41) is 9.40. The third kappa shape index (κ3) is 3.05. The molecule has 1 aromatic carbocycles. The fourth-order valence-corrected chi connectivity index (χ4v) is 2.22. The van der Waals surface area contributed by atoms with E-state index in [9.17, 15) is 0 Å². The standard InChI is InChI=1S/C12H14N4OS2/c1-15-12(18)16(11(14-15)19-3)13-8-9-4-6-10(17-2)7-5-9/h4-8H,1-3H3/b13-8+. The summed E-state index contributed by atoms with van der Waals surface area (Å²) in [6.45, 7) is 0. The van der Waals surface area contributed by atoms with E-state index in [1.807, 2.05) is 30.5 Å². The lowest BCUT2D eigenvalue weighted by Gasteiger charge is -1.99. The van der Waals surface area contributed by atoms with E-state index < -0.39 is 0 Å². The number of ether oxygens (including phenoxy) is 1. The van der Waals surface area contributed by atoms with Crippen LogP contribution in [-0.2, 0) is 7.05 Å². The fourth-order valence-electron chi connectivity index (χ4n) is 1.47. The van der Waals surface area contributed by atoms with Crippen LogP contribution in [-0.4, -0.2) is 34.0 Å². The van der Waals surface area contributed by atoms with Gasteiger partial charge in [0.1, 0.15) is 5.75 Å². The smallest absolute Gasteiger partial charge is 0.219 e. The molecule has 0 amide bonds. The number of rotatable bonds is 4. The van der Waals surface area contributed by atoms with Gasteiger partial charge in [-0.2, -0.15) is 9.78 Å². The average Bonchev–Trinajstić information content (AvgIpc) is 2.72. The predicted molar refractivity (Wildman–Crippen MR) is 79.8 cm³/mol. The van der Waals surface area contributed by atoms with E-state index in [-0.39, 0.29) is 0 Å². The van der Waals surface area contributed by atoms with Gasteiger partial charge in [-0.15, -0.1) is 5.10 Å². The number of hydrogen-bond donors (Lipinski definition) is 0. The maximum atomic E-state index is 5.25. The van der Waals surface area contributed by atoms with Crippen molar-refractivity contribution >= 4 is 30.2 Å². The Bertz CT molecular complexity index is 643. The molecule has 0 spiro atoms. The first-order valence-electron chi connectivity index (χ1n) is 5.54. The molecule has 0 saturated carbocycles. The average molecular weight is 294 g/mol. The van der Waals surface area contributed by atoms with Crippen molar-refractivity contribution in [1.82, 2.24) is 14.5 Å². The Morgan fingerprint density at radius 2 is 2.05 bits per heavy atom. The molecule has 0 atom stereocenters. The topological polar surface area (TPSA) is 44.3 Å². The van der Waals surface area contributed by atoms with Crippen LogP contribution in [0.25, 0.3) is 0 Å². The van der Waals surface area contributed by atoms with E-state index in [0.717, 1.165) is 16.5 Å². The van der Waals surface area contributed by atoms with Crippen LogP contribution in [0.4, 0.5) is 0 Å². The summed E-state index contributed by atoms with van der Waals surface area (Å²) in [5.74, 6) is 0.819. The maximum absolute atomic E-state index is 5.25. The van der Waals surface area contributed by atoms with Crippen molar-refractivity contribution in [3.63, 3.8) is 0 Å². The van der Waals surface area contributed by atoms with E-state index in [2.05, 4.69) is 10.2 Å². The highest BCUT2D eigenvalue weighted by Gasteiger charge is 2.05.